The lowest BCUT2D eigenvalue weighted by Crippen LogP contribution is -2.37. The molecule has 0 spiro atoms. The van der Waals surface area contributed by atoms with Gasteiger partial charge in [0.2, 0.25) is 0 Å². The Hall–Kier alpha value is -1.77. The van der Waals surface area contributed by atoms with Gasteiger partial charge in [0, 0.05) is 5.41 Å². The van der Waals surface area contributed by atoms with Crippen LogP contribution in [0.25, 0.3) is 6.08 Å². The predicted molar refractivity (Wildman–Crippen MR) is 71.6 cm³/mol. The first-order chi connectivity index (χ1) is 8.36. The smallest absolute Gasteiger partial charge is 0.289 e. The van der Waals surface area contributed by atoms with Gasteiger partial charge >= 0.3 is 0 Å². The summed E-state index contributed by atoms with van der Waals surface area (Å²) in [6.07, 6.45) is 1.52. The van der Waals surface area contributed by atoms with Crippen LogP contribution in [0.5, 0.6) is 0 Å². The molecular formula is C15H19NO2. The molecule has 1 fully saturated rings. The van der Waals surface area contributed by atoms with Gasteiger partial charge in [-0.25, -0.2) is 0 Å². The predicted octanol–water partition coefficient (Wildman–Crippen LogP) is 2.85. The molecule has 1 heterocycles. The number of hydrogen-bond acceptors (Lipinski definition) is 2. The van der Waals surface area contributed by atoms with E-state index in [4.69, 9.17) is 4.74 Å². The first-order valence-electron chi connectivity index (χ1n) is 6.12. The van der Waals surface area contributed by atoms with E-state index in [9.17, 15) is 4.79 Å². The van der Waals surface area contributed by atoms with Crippen molar-refractivity contribution >= 4 is 12.0 Å². The Morgan fingerprint density at radius 3 is 2.33 bits per heavy atom. The summed E-state index contributed by atoms with van der Waals surface area (Å²) in [6.45, 7) is 8.14. The first kappa shape index (κ1) is 12.7. The molecule has 3 nitrogen and oxygen atoms in total. The van der Waals surface area contributed by atoms with E-state index in [2.05, 4.69) is 5.32 Å². The Morgan fingerprint density at radius 2 is 1.83 bits per heavy atom. The van der Waals surface area contributed by atoms with Crippen molar-refractivity contribution in [2.45, 2.75) is 33.9 Å². The summed E-state index contributed by atoms with van der Waals surface area (Å²) in [6, 6.07) is 7.98. The van der Waals surface area contributed by atoms with E-state index in [-0.39, 0.29) is 17.6 Å². The van der Waals surface area contributed by atoms with Gasteiger partial charge in [-0.2, -0.15) is 0 Å². The number of carbonyl (C=O) groups is 1. The zero-order valence-electron chi connectivity index (χ0n) is 11.3. The van der Waals surface area contributed by atoms with Crippen molar-refractivity contribution in [3.05, 3.63) is 41.2 Å². The molecule has 1 atom stereocenters. The van der Waals surface area contributed by atoms with Crippen LogP contribution in [0.2, 0.25) is 0 Å². The highest BCUT2D eigenvalue weighted by atomic mass is 16.5. The largest absolute Gasteiger partial charge is 0.464 e. The van der Waals surface area contributed by atoms with Crippen LogP contribution in [-0.4, -0.2) is 12.1 Å². The summed E-state index contributed by atoms with van der Waals surface area (Å²) in [7, 11) is 0. The summed E-state index contributed by atoms with van der Waals surface area (Å²) < 4.78 is 5.67. The Balaban J connectivity index is 2.19. The summed E-state index contributed by atoms with van der Waals surface area (Å²) >= 11 is 0. The minimum absolute atomic E-state index is 0.113. The van der Waals surface area contributed by atoms with Crippen LogP contribution in [0.15, 0.2) is 30.0 Å². The topological polar surface area (TPSA) is 38.3 Å². The Labute approximate surface area is 108 Å². The molecule has 1 amide bonds. The highest BCUT2D eigenvalue weighted by Gasteiger charge is 2.36. The molecular weight excluding hydrogens is 226 g/mol. The lowest BCUT2D eigenvalue weighted by Gasteiger charge is -2.24. The number of benzene rings is 1. The second kappa shape index (κ2) is 4.48. The molecule has 1 N–H and O–H groups in total. The quantitative estimate of drug-likeness (QED) is 0.773. The van der Waals surface area contributed by atoms with E-state index < -0.39 is 0 Å². The lowest BCUT2D eigenvalue weighted by atomic mass is 9.94. The van der Waals surface area contributed by atoms with Crippen molar-refractivity contribution in [3.8, 4) is 0 Å². The van der Waals surface area contributed by atoms with Crippen LogP contribution in [0.1, 0.15) is 31.9 Å². The molecule has 1 unspecified atom stereocenters. The van der Waals surface area contributed by atoms with Crippen molar-refractivity contribution < 1.29 is 9.53 Å². The number of nitrogens with one attached hydrogen (secondary N) is 1. The van der Waals surface area contributed by atoms with Gasteiger partial charge in [0.1, 0.15) is 0 Å². The standard InChI is InChI=1S/C15H19NO2/c1-10-5-7-11(8-6-10)9-12-13(17)16-14(18-12)15(2,3)4/h5-9,14H,1-4H3,(H,16,17)/b12-9-. The third-order valence-electron chi connectivity index (χ3n) is 2.89. The third-order valence-corrected chi connectivity index (χ3v) is 2.89. The van der Waals surface area contributed by atoms with Crippen LogP contribution in [0.4, 0.5) is 0 Å². The van der Waals surface area contributed by atoms with Gasteiger partial charge in [-0.05, 0) is 18.6 Å². The fourth-order valence-electron chi connectivity index (χ4n) is 1.71. The van der Waals surface area contributed by atoms with E-state index in [0.717, 1.165) is 5.56 Å². The summed E-state index contributed by atoms with van der Waals surface area (Å²) in [5.74, 6) is 0.245. The second-order valence-corrected chi connectivity index (χ2v) is 5.76. The Kier molecular flexibility index (Phi) is 3.16. The van der Waals surface area contributed by atoms with Crippen LogP contribution >= 0.6 is 0 Å². The molecule has 1 saturated heterocycles. The molecule has 0 bridgehead atoms. The number of ether oxygens (including phenoxy) is 1. The molecule has 3 heteroatoms. The summed E-state index contributed by atoms with van der Waals surface area (Å²) in [5, 5.41) is 2.85. The highest BCUT2D eigenvalue weighted by molar-refractivity contribution is 5.97. The van der Waals surface area contributed by atoms with Crippen LogP contribution in [0.3, 0.4) is 0 Å². The second-order valence-electron chi connectivity index (χ2n) is 5.76. The van der Waals surface area contributed by atoms with Gasteiger partial charge in [-0.15, -0.1) is 0 Å². The van der Waals surface area contributed by atoms with E-state index in [1.54, 1.807) is 6.08 Å². The minimum Gasteiger partial charge on any atom is -0.464 e. The number of carbonyl (C=O) groups excluding carboxylic acids is 1. The highest BCUT2D eigenvalue weighted by Crippen LogP contribution is 2.27. The van der Waals surface area contributed by atoms with Gasteiger partial charge in [0.05, 0.1) is 0 Å². The van der Waals surface area contributed by atoms with E-state index in [1.165, 1.54) is 5.56 Å². The molecule has 96 valence electrons. The maximum absolute atomic E-state index is 11.8. The molecule has 0 aliphatic carbocycles. The van der Waals surface area contributed by atoms with Crippen molar-refractivity contribution in [3.63, 3.8) is 0 Å². The van der Waals surface area contributed by atoms with Gasteiger partial charge in [0.15, 0.2) is 12.0 Å². The van der Waals surface area contributed by atoms with E-state index >= 15 is 0 Å². The number of aryl methyl sites for hydroxylation is 1. The maximum atomic E-state index is 11.8. The van der Waals surface area contributed by atoms with Crippen molar-refractivity contribution in [2.75, 3.05) is 0 Å². The van der Waals surface area contributed by atoms with Crippen LogP contribution < -0.4 is 5.32 Å². The van der Waals surface area contributed by atoms with Crippen molar-refractivity contribution in [2.24, 2.45) is 5.41 Å². The summed E-state index contributed by atoms with van der Waals surface area (Å²) in [4.78, 5) is 11.8. The zero-order valence-corrected chi connectivity index (χ0v) is 11.3. The van der Waals surface area contributed by atoms with E-state index in [0.29, 0.717) is 5.76 Å². The van der Waals surface area contributed by atoms with E-state index in [1.807, 2.05) is 52.0 Å². The fourth-order valence-corrected chi connectivity index (χ4v) is 1.71. The van der Waals surface area contributed by atoms with Crippen LogP contribution in [-0.2, 0) is 9.53 Å². The monoisotopic (exact) mass is 245 g/mol. The maximum Gasteiger partial charge on any atom is 0.289 e. The molecule has 0 saturated carbocycles. The molecule has 2 rings (SSSR count). The fraction of sp³-hybridized carbons (Fsp3) is 0.400. The van der Waals surface area contributed by atoms with Crippen molar-refractivity contribution in [1.82, 2.24) is 5.32 Å². The molecule has 1 aromatic rings. The lowest BCUT2D eigenvalue weighted by molar-refractivity contribution is -0.116. The van der Waals surface area contributed by atoms with Crippen LogP contribution in [0, 0.1) is 12.3 Å². The van der Waals surface area contributed by atoms with Gasteiger partial charge in [-0.3, -0.25) is 4.79 Å². The number of amides is 1. The Morgan fingerprint density at radius 1 is 1.22 bits per heavy atom. The molecule has 0 radical (unpaired) electrons. The SMILES string of the molecule is Cc1ccc(/C=C2\OC(C(C)(C)C)NC2=O)cc1. The summed E-state index contributed by atoms with van der Waals surface area (Å²) in [5.41, 5.74) is 2.06. The van der Waals surface area contributed by atoms with Crippen molar-refractivity contribution in [1.29, 1.82) is 0 Å². The average Bonchev–Trinajstić information content (AvgIpc) is 2.63. The average molecular weight is 245 g/mol. The minimum atomic E-state index is -0.262. The molecule has 18 heavy (non-hydrogen) atoms. The third kappa shape index (κ3) is 2.73. The first-order valence-corrected chi connectivity index (χ1v) is 6.12. The number of hydrogen-bond donors (Lipinski definition) is 1. The molecule has 0 aromatic heterocycles. The Bertz CT molecular complexity index is 480. The molecule has 1 aliphatic heterocycles. The molecule has 1 aliphatic rings. The van der Waals surface area contributed by atoms with Gasteiger partial charge in [0.25, 0.3) is 5.91 Å². The van der Waals surface area contributed by atoms with Gasteiger partial charge < -0.3 is 10.1 Å². The zero-order chi connectivity index (χ0) is 13.3. The normalized spacial score (nSPS) is 21.9. The van der Waals surface area contributed by atoms with Gasteiger partial charge in [-0.1, -0.05) is 50.6 Å². The molecule has 1 aromatic carbocycles. The number of rotatable bonds is 1.